The Balaban J connectivity index is 1.46. The molecular weight excluding hydrogens is 520 g/mol. The van der Waals surface area contributed by atoms with Crippen LogP contribution in [-0.4, -0.2) is 23.6 Å². The Morgan fingerprint density at radius 3 is 2.12 bits per heavy atom. The minimum atomic E-state index is -0.207. The standard InChI is InChI=1S/C38H62O4/c1-10-11-32(41)42-31-18-19-35(7)28(34(31,5)6)17-20-37(9)29(35)14-13-27-33-26(24(2)3)16-21-38(33,23-22-36(27,37)8)30(40)15-12-25(4)39/h24,26-29,31,33H,10-23H2,1-9H3/t26?,27?,28?,29?,31-,33?,35-,36+,37+,38+/m0/s1. The van der Waals surface area contributed by atoms with Gasteiger partial charge in [-0.25, -0.2) is 0 Å². The van der Waals surface area contributed by atoms with Crippen LogP contribution in [0, 0.1) is 62.6 Å². The van der Waals surface area contributed by atoms with Gasteiger partial charge in [0.2, 0.25) is 0 Å². The number of hydrogen-bond donors (Lipinski definition) is 0. The average Bonchev–Trinajstić information content (AvgIpc) is 3.31. The van der Waals surface area contributed by atoms with Crippen LogP contribution in [0.2, 0.25) is 0 Å². The van der Waals surface area contributed by atoms with Crippen molar-refractivity contribution in [2.75, 3.05) is 0 Å². The fourth-order valence-electron chi connectivity index (χ4n) is 13.0. The molecule has 5 fully saturated rings. The summed E-state index contributed by atoms with van der Waals surface area (Å²) in [4.78, 5) is 38.5. The van der Waals surface area contributed by atoms with E-state index in [0.717, 1.165) is 38.5 Å². The highest BCUT2D eigenvalue weighted by atomic mass is 16.5. The second-order valence-electron chi connectivity index (χ2n) is 17.5. The maximum absolute atomic E-state index is 14.1. The van der Waals surface area contributed by atoms with Gasteiger partial charge in [0.15, 0.2) is 0 Å². The maximum atomic E-state index is 14.1. The second-order valence-corrected chi connectivity index (χ2v) is 17.5. The van der Waals surface area contributed by atoms with Gasteiger partial charge in [-0.1, -0.05) is 55.4 Å². The van der Waals surface area contributed by atoms with E-state index in [-0.39, 0.29) is 44.9 Å². The number of carbonyl (C=O) groups is 3. The minimum Gasteiger partial charge on any atom is -0.462 e. The second kappa shape index (κ2) is 11.0. The van der Waals surface area contributed by atoms with Gasteiger partial charge in [0.05, 0.1) is 0 Å². The molecule has 0 aliphatic heterocycles. The zero-order chi connectivity index (χ0) is 30.9. The molecule has 5 aliphatic carbocycles. The Kier molecular flexibility index (Phi) is 8.44. The van der Waals surface area contributed by atoms with Crippen LogP contribution in [0.3, 0.4) is 0 Å². The Bertz CT molecular complexity index is 1070. The van der Waals surface area contributed by atoms with Gasteiger partial charge in [-0.3, -0.25) is 9.59 Å². The molecule has 0 amide bonds. The first-order chi connectivity index (χ1) is 19.6. The summed E-state index contributed by atoms with van der Waals surface area (Å²) in [7, 11) is 0. The molecule has 5 saturated carbocycles. The summed E-state index contributed by atoms with van der Waals surface area (Å²) in [6, 6.07) is 0. The Hall–Kier alpha value is -1.19. The fourth-order valence-corrected chi connectivity index (χ4v) is 13.0. The molecule has 0 heterocycles. The minimum absolute atomic E-state index is 0.0193. The first-order valence-electron chi connectivity index (χ1n) is 17.8. The van der Waals surface area contributed by atoms with E-state index in [1.165, 1.54) is 32.1 Å². The van der Waals surface area contributed by atoms with Crippen LogP contribution in [0.4, 0.5) is 0 Å². The molecule has 238 valence electrons. The molecule has 5 rings (SSSR count). The quantitative estimate of drug-likeness (QED) is 0.268. The van der Waals surface area contributed by atoms with E-state index in [0.29, 0.717) is 60.6 Å². The van der Waals surface area contributed by atoms with Gasteiger partial charge in [-0.05, 0) is 129 Å². The van der Waals surface area contributed by atoms with E-state index in [9.17, 15) is 14.4 Å². The van der Waals surface area contributed by atoms with Gasteiger partial charge in [0, 0.05) is 30.1 Å². The smallest absolute Gasteiger partial charge is 0.306 e. The predicted molar refractivity (Wildman–Crippen MR) is 169 cm³/mol. The first kappa shape index (κ1) is 32.2. The van der Waals surface area contributed by atoms with Crippen LogP contribution in [0.15, 0.2) is 0 Å². The predicted octanol–water partition coefficient (Wildman–Crippen LogP) is 9.37. The summed E-state index contributed by atoms with van der Waals surface area (Å²) in [5.74, 6) is 4.00. The maximum Gasteiger partial charge on any atom is 0.306 e. The molecule has 0 radical (unpaired) electrons. The third-order valence-corrected chi connectivity index (χ3v) is 15.3. The highest BCUT2D eigenvalue weighted by Crippen LogP contribution is 2.77. The van der Waals surface area contributed by atoms with Gasteiger partial charge in [0.25, 0.3) is 0 Å². The lowest BCUT2D eigenvalue weighted by molar-refractivity contribution is -0.250. The van der Waals surface area contributed by atoms with Crippen LogP contribution in [0.5, 0.6) is 0 Å². The van der Waals surface area contributed by atoms with Crippen LogP contribution in [0.25, 0.3) is 0 Å². The van der Waals surface area contributed by atoms with Crippen molar-refractivity contribution >= 4 is 17.5 Å². The van der Waals surface area contributed by atoms with Crippen molar-refractivity contribution in [3.8, 4) is 0 Å². The molecule has 0 aromatic rings. The van der Waals surface area contributed by atoms with E-state index in [1.54, 1.807) is 6.92 Å². The number of Topliss-reactive ketones (excluding diaryl/α,β-unsaturated/α-hetero) is 2. The number of hydrogen-bond acceptors (Lipinski definition) is 4. The first-order valence-corrected chi connectivity index (χ1v) is 17.8. The number of fused-ring (bicyclic) bond motifs is 7. The zero-order valence-electron chi connectivity index (χ0n) is 28.6. The van der Waals surface area contributed by atoms with Crippen molar-refractivity contribution < 1.29 is 19.1 Å². The van der Waals surface area contributed by atoms with E-state index >= 15 is 0 Å². The zero-order valence-corrected chi connectivity index (χ0v) is 28.6. The van der Waals surface area contributed by atoms with Gasteiger partial charge >= 0.3 is 5.97 Å². The number of ketones is 2. The van der Waals surface area contributed by atoms with E-state index in [2.05, 4.69) is 55.4 Å². The van der Waals surface area contributed by atoms with Crippen LogP contribution in [-0.2, 0) is 19.1 Å². The molecule has 0 spiro atoms. The Labute approximate surface area is 257 Å². The molecule has 10 atom stereocenters. The number of esters is 1. The number of rotatable bonds is 8. The van der Waals surface area contributed by atoms with Crippen molar-refractivity contribution in [1.82, 2.24) is 0 Å². The lowest BCUT2D eigenvalue weighted by Crippen LogP contribution is -2.67. The highest BCUT2D eigenvalue weighted by Gasteiger charge is 2.71. The van der Waals surface area contributed by atoms with Crippen LogP contribution in [0.1, 0.15) is 152 Å². The van der Waals surface area contributed by atoms with Crippen molar-refractivity contribution in [1.29, 1.82) is 0 Å². The fraction of sp³-hybridized carbons (Fsp3) is 0.921. The number of carbonyl (C=O) groups excluding carboxylic acids is 3. The van der Waals surface area contributed by atoms with Gasteiger partial charge in [0.1, 0.15) is 17.7 Å². The largest absolute Gasteiger partial charge is 0.462 e. The van der Waals surface area contributed by atoms with Gasteiger partial charge in [-0.15, -0.1) is 0 Å². The van der Waals surface area contributed by atoms with Crippen molar-refractivity contribution in [2.24, 2.45) is 62.6 Å². The average molecular weight is 583 g/mol. The molecule has 4 nitrogen and oxygen atoms in total. The highest BCUT2D eigenvalue weighted by molar-refractivity contribution is 5.89. The molecular formula is C38H62O4. The topological polar surface area (TPSA) is 60.4 Å². The molecule has 0 bridgehead atoms. The molecule has 0 N–H and O–H groups in total. The molecule has 5 unspecified atom stereocenters. The summed E-state index contributed by atoms with van der Waals surface area (Å²) >= 11 is 0. The molecule has 0 saturated heterocycles. The summed E-state index contributed by atoms with van der Waals surface area (Å²) in [6.45, 7) is 21.2. The lowest BCUT2D eigenvalue weighted by atomic mass is 9.32. The number of ether oxygens (including phenoxy) is 1. The summed E-state index contributed by atoms with van der Waals surface area (Å²) in [6.07, 6.45) is 13.7. The normalized spacial score (nSPS) is 45.8. The molecule has 5 aliphatic rings. The van der Waals surface area contributed by atoms with Gasteiger partial charge in [-0.2, -0.15) is 0 Å². The van der Waals surface area contributed by atoms with E-state index in [1.807, 2.05) is 0 Å². The Morgan fingerprint density at radius 2 is 1.48 bits per heavy atom. The lowest BCUT2D eigenvalue weighted by Gasteiger charge is -2.73. The van der Waals surface area contributed by atoms with E-state index < -0.39 is 0 Å². The molecule has 42 heavy (non-hydrogen) atoms. The van der Waals surface area contributed by atoms with Crippen molar-refractivity contribution in [3.63, 3.8) is 0 Å². The molecule has 4 heteroatoms. The summed E-state index contributed by atoms with van der Waals surface area (Å²) < 4.78 is 6.17. The monoisotopic (exact) mass is 582 g/mol. The summed E-state index contributed by atoms with van der Waals surface area (Å²) in [5, 5.41) is 0. The van der Waals surface area contributed by atoms with Gasteiger partial charge < -0.3 is 9.53 Å². The third-order valence-electron chi connectivity index (χ3n) is 15.3. The van der Waals surface area contributed by atoms with Crippen LogP contribution < -0.4 is 0 Å². The van der Waals surface area contributed by atoms with Crippen molar-refractivity contribution in [2.45, 2.75) is 158 Å². The SMILES string of the molecule is CCCC(=O)O[C@H]1CC[C@@]2(C)C(CC[C@]3(C)C2CCC2C4C(C(C)C)CC[C@]4(C(=O)CCC(C)=O)CC[C@]23C)C1(C)C. The Morgan fingerprint density at radius 1 is 0.762 bits per heavy atom. The molecule has 0 aromatic heterocycles. The molecule has 0 aromatic carbocycles. The van der Waals surface area contributed by atoms with E-state index in [4.69, 9.17) is 4.74 Å². The third kappa shape index (κ3) is 4.60. The van der Waals surface area contributed by atoms with Crippen molar-refractivity contribution in [3.05, 3.63) is 0 Å². The summed E-state index contributed by atoms with van der Waals surface area (Å²) in [5.41, 5.74) is 0.500. The van der Waals surface area contributed by atoms with Crippen LogP contribution >= 0.6 is 0 Å².